The second-order valence-corrected chi connectivity index (χ2v) is 6.90. The van der Waals surface area contributed by atoms with Crippen LogP contribution in [-0.2, 0) is 6.42 Å². The minimum Gasteiger partial charge on any atom is -0.316 e. The van der Waals surface area contributed by atoms with Crippen LogP contribution in [0.2, 0.25) is 0 Å². The largest absolute Gasteiger partial charge is 0.316 e. The molecule has 1 N–H and O–H groups in total. The van der Waals surface area contributed by atoms with Crippen molar-refractivity contribution in [1.29, 1.82) is 0 Å². The monoisotopic (exact) mass is 273 g/mol. The molecule has 2 atom stereocenters. The summed E-state index contributed by atoms with van der Waals surface area (Å²) in [5.41, 5.74) is 1.52. The van der Waals surface area contributed by atoms with E-state index in [2.05, 4.69) is 49.5 Å². The zero-order chi connectivity index (χ0) is 14.2. The molecule has 20 heavy (non-hydrogen) atoms. The van der Waals surface area contributed by atoms with Crippen LogP contribution in [0, 0.1) is 17.8 Å². The zero-order valence-corrected chi connectivity index (χ0v) is 13.3. The third-order valence-corrected chi connectivity index (χ3v) is 4.62. The lowest BCUT2D eigenvalue weighted by Crippen LogP contribution is -2.31. The van der Waals surface area contributed by atoms with Gasteiger partial charge in [0.2, 0.25) is 0 Å². The van der Waals surface area contributed by atoms with E-state index in [4.69, 9.17) is 0 Å². The Labute approximate surface area is 125 Å². The summed E-state index contributed by atoms with van der Waals surface area (Å²) < 4.78 is 0. The van der Waals surface area contributed by atoms with E-state index in [0.29, 0.717) is 0 Å². The lowest BCUT2D eigenvalue weighted by atomic mass is 9.83. The van der Waals surface area contributed by atoms with Crippen molar-refractivity contribution in [3.63, 3.8) is 0 Å². The number of rotatable bonds is 6. The van der Waals surface area contributed by atoms with Gasteiger partial charge in [0.25, 0.3) is 0 Å². The molecular weight excluding hydrogens is 242 g/mol. The first-order valence-corrected chi connectivity index (χ1v) is 8.50. The second-order valence-electron chi connectivity index (χ2n) is 6.90. The van der Waals surface area contributed by atoms with Gasteiger partial charge in [-0.2, -0.15) is 0 Å². The quantitative estimate of drug-likeness (QED) is 0.743. The summed E-state index contributed by atoms with van der Waals surface area (Å²) in [4.78, 5) is 0. The van der Waals surface area contributed by atoms with Gasteiger partial charge in [-0.15, -0.1) is 0 Å². The molecule has 1 aliphatic rings. The molecule has 1 nitrogen and oxygen atoms in total. The standard InChI is InChI=1S/C19H31N/c1-16(2)14-20-15-19-12-8-4-7-11-18(19)13-17-9-5-3-6-10-17/h3,5-6,9-10,16,18-20H,4,7-8,11-15H2,1-2H3. The summed E-state index contributed by atoms with van der Waals surface area (Å²) in [5.74, 6) is 2.50. The Morgan fingerprint density at radius 2 is 1.70 bits per heavy atom. The highest BCUT2D eigenvalue weighted by atomic mass is 14.9. The minimum atomic E-state index is 0.758. The Morgan fingerprint density at radius 1 is 1.00 bits per heavy atom. The van der Waals surface area contributed by atoms with Crippen LogP contribution in [0.25, 0.3) is 0 Å². The first kappa shape index (κ1) is 15.6. The molecule has 0 aliphatic heterocycles. The van der Waals surface area contributed by atoms with E-state index in [-0.39, 0.29) is 0 Å². The smallest absolute Gasteiger partial charge is 0.00176 e. The average Bonchev–Trinajstić information content (AvgIpc) is 2.65. The molecule has 1 aromatic rings. The second kappa shape index (κ2) is 8.46. The first-order chi connectivity index (χ1) is 9.75. The molecule has 0 spiro atoms. The average molecular weight is 273 g/mol. The van der Waals surface area contributed by atoms with Gasteiger partial charge < -0.3 is 5.32 Å². The molecule has 2 unspecified atom stereocenters. The molecular formula is C19H31N. The summed E-state index contributed by atoms with van der Waals surface area (Å²) in [6.45, 7) is 6.97. The highest BCUT2D eigenvalue weighted by Gasteiger charge is 2.23. The van der Waals surface area contributed by atoms with Crippen molar-refractivity contribution in [1.82, 2.24) is 5.32 Å². The molecule has 0 saturated heterocycles. The summed E-state index contributed by atoms with van der Waals surface area (Å²) >= 11 is 0. The molecule has 112 valence electrons. The van der Waals surface area contributed by atoms with Crippen LogP contribution in [0.1, 0.15) is 51.5 Å². The fourth-order valence-corrected chi connectivity index (χ4v) is 3.47. The molecule has 1 aliphatic carbocycles. The van der Waals surface area contributed by atoms with Gasteiger partial charge in [0.05, 0.1) is 0 Å². The van der Waals surface area contributed by atoms with Crippen molar-refractivity contribution >= 4 is 0 Å². The van der Waals surface area contributed by atoms with Gasteiger partial charge in [-0.3, -0.25) is 0 Å². The Hall–Kier alpha value is -0.820. The summed E-state index contributed by atoms with van der Waals surface area (Å²) in [7, 11) is 0. The Morgan fingerprint density at radius 3 is 2.40 bits per heavy atom. The van der Waals surface area contributed by atoms with E-state index in [1.807, 2.05) is 0 Å². The molecule has 0 heterocycles. The third kappa shape index (κ3) is 5.28. The van der Waals surface area contributed by atoms with Gasteiger partial charge in [0.15, 0.2) is 0 Å². The van der Waals surface area contributed by atoms with Gasteiger partial charge in [-0.05, 0) is 55.7 Å². The zero-order valence-electron chi connectivity index (χ0n) is 13.3. The van der Waals surface area contributed by atoms with Gasteiger partial charge in [-0.1, -0.05) is 63.4 Å². The maximum Gasteiger partial charge on any atom is -0.00176 e. The maximum atomic E-state index is 3.70. The van der Waals surface area contributed by atoms with Crippen molar-refractivity contribution in [2.75, 3.05) is 13.1 Å². The van der Waals surface area contributed by atoms with Gasteiger partial charge in [0, 0.05) is 0 Å². The van der Waals surface area contributed by atoms with Crippen LogP contribution in [0.4, 0.5) is 0 Å². The van der Waals surface area contributed by atoms with Crippen molar-refractivity contribution in [3.05, 3.63) is 35.9 Å². The van der Waals surface area contributed by atoms with E-state index >= 15 is 0 Å². The van der Waals surface area contributed by atoms with Crippen LogP contribution in [0.3, 0.4) is 0 Å². The van der Waals surface area contributed by atoms with Gasteiger partial charge in [-0.25, -0.2) is 0 Å². The van der Waals surface area contributed by atoms with Gasteiger partial charge >= 0.3 is 0 Å². The number of hydrogen-bond donors (Lipinski definition) is 1. The van der Waals surface area contributed by atoms with Crippen molar-refractivity contribution in [3.8, 4) is 0 Å². The van der Waals surface area contributed by atoms with Crippen LogP contribution >= 0.6 is 0 Å². The van der Waals surface area contributed by atoms with E-state index in [1.54, 1.807) is 0 Å². The molecule has 1 fully saturated rings. The lowest BCUT2D eigenvalue weighted by molar-refractivity contribution is 0.294. The van der Waals surface area contributed by atoms with E-state index in [9.17, 15) is 0 Å². The fraction of sp³-hybridized carbons (Fsp3) is 0.684. The lowest BCUT2D eigenvalue weighted by Gasteiger charge is -2.26. The summed E-state index contributed by atoms with van der Waals surface area (Å²) in [6, 6.07) is 11.1. The molecule has 0 aromatic heterocycles. The fourth-order valence-electron chi connectivity index (χ4n) is 3.47. The normalized spacial score (nSPS) is 23.8. The molecule has 1 aromatic carbocycles. The molecule has 0 bridgehead atoms. The minimum absolute atomic E-state index is 0.758. The summed E-state index contributed by atoms with van der Waals surface area (Å²) in [5, 5.41) is 3.70. The van der Waals surface area contributed by atoms with Crippen LogP contribution in [0.5, 0.6) is 0 Å². The predicted octanol–water partition coefficient (Wildman–Crippen LogP) is 4.67. The van der Waals surface area contributed by atoms with Crippen LogP contribution < -0.4 is 5.32 Å². The van der Waals surface area contributed by atoms with Crippen molar-refractivity contribution in [2.24, 2.45) is 17.8 Å². The predicted molar refractivity (Wildman–Crippen MR) is 87.9 cm³/mol. The molecule has 2 rings (SSSR count). The topological polar surface area (TPSA) is 12.0 Å². The molecule has 0 amide bonds. The Bertz CT molecular complexity index is 357. The van der Waals surface area contributed by atoms with E-state index in [0.717, 1.165) is 24.3 Å². The van der Waals surface area contributed by atoms with Crippen molar-refractivity contribution < 1.29 is 0 Å². The Balaban J connectivity index is 1.90. The van der Waals surface area contributed by atoms with Crippen molar-refractivity contribution in [2.45, 2.75) is 52.4 Å². The third-order valence-electron chi connectivity index (χ3n) is 4.62. The number of hydrogen-bond acceptors (Lipinski definition) is 1. The molecule has 0 radical (unpaired) electrons. The van der Waals surface area contributed by atoms with E-state index in [1.165, 1.54) is 50.6 Å². The highest BCUT2D eigenvalue weighted by molar-refractivity contribution is 5.15. The maximum absolute atomic E-state index is 3.70. The highest BCUT2D eigenvalue weighted by Crippen LogP contribution is 2.31. The first-order valence-electron chi connectivity index (χ1n) is 8.50. The van der Waals surface area contributed by atoms with E-state index < -0.39 is 0 Å². The van der Waals surface area contributed by atoms with Crippen LogP contribution in [0.15, 0.2) is 30.3 Å². The Kier molecular flexibility index (Phi) is 6.59. The molecule has 1 heteroatoms. The number of nitrogens with one attached hydrogen (secondary N) is 1. The van der Waals surface area contributed by atoms with Gasteiger partial charge in [0.1, 0.15) is 0 Å². The molecule has 1 saturated carbocycles. The SMILES string of the molecule is CC(C)CNCC1CCCCCC1Cc1ccccc1. The van der Waals surface area contributed by atoms with Crippen LogP contribution in [-0.4, -0.2) is 13.1 Å². The number of benzene rings is 1. The summed E-state index contributed by atoms with van der Waals surface area (Å²) in [6.07, 6.45) is 8.41.